The number of carbonyl (C=O) groups excluding carboxylic acids is 1. The van der Waals surface area contributed by atoms with Gasteiger partial charge < -0.3 is 5.11 Å². The van der Waals surface area contributed by atoms with E-state index < -0.39 is 0 Å². The molecule has 0 aliphatic carbocycles. The molecule has 1 N–H and O–H groups in total. The Bertz CT molecular complexity index is 345. The van der Waals surface area contributed by atoms with Gasteiger partial charge in [0.25, 0.3) is 0 Å². The normalized spacial score (nSPS) is 12.6. The second-order valence-corrected chi connectivity index (χ2v) is 4.62. The fraction of sp³-hybridized carbons (Fsp3) is 0.364. The Labute approximate surface area is 92.1 Å². The summed E-state index contributed by atoms with van der Waals surface area (Å²) in [6.07, 6.45) is 0. The fourth-order valence-electron chi connectivity index (χ4n) is 1.41. The van der Waals surface area contributed by atoms with Gasteiger partial charge in [0.15, 0.2) is 5.78 Å². The summed E-state index contributed by atoms with van der Waals surface area (Å²) < 4.78 is 0. The number of ketones is 1. The van der Waals surface area contributed by atoms with Crippen LogP contribution >= 0.6 is 15.9 Å². The molecule has 3 heteroatoms. The van der Waals surface area contributed by atoms with Gasteiger partial charge in [-0.15, -0.1) is 0 Å². The Morgan fingerprint density at radius 3 is 2.71 bits per heavy atom. The molecule has 0 saturated heterocycles. The van der Waals surface area contributed by atoms with Gasteiger partial charge in [0.2, 0.25) is 0 Å². The Kier molecular flexibility index (Phi) is 3.84. The molecule has 1 aromatic rings. The van der Waals surface area contributed by atoms with Crippen LogP contribution < -0.4 is 0 Å². The number of carbonyl (C=O) groups is 1. The Morgan fingerprint density at radius 2 is 2.21 bits per heavy atom. The van der Waals surface area contributed by atoms with Crippen LogP contribution in [-0.2, 0) is 6.61 Å². The SMILES string of the molecule is Cc1cccc(CO)c1C(=O)C(C)Br. The van der Waals surface area contributed by atoms with E-state index in [2.05, 4.69) is 15.9 Å². The molecular weight excluding hydrogens is 244 g/mol. The van der Waals surface area contributed by atoms with E-state index >= 15 is 0 Å². The van der Waals surface area contributed by atoms with Crippen LogP contribution in [-0.4, -0.2) is 15.7 Å². The van der Waals surface area contributed by atoms with Crippen molar-refractivity contribution in [1.29, 1.82) is 0 Å². The zero-order chi connectivity index (χ0) is 10.7. The number of hydrogen-bond acceptors (Lipinski definition) is 2. The van der Waals surface area contributed by atoms with Crippen LogP contribution in [0.25, 0.3) is 0 Å². The van der Waals surface area contributed by atoms with Gasteiger partial charge >= 0.3 is 0 Å². The van der Waals surface area contributed by atoms with Gasteiger partial charge in [-0.1, -0.05) is 34.1 Å². The molecule has 1 rings (SSSR count). The summed E-state index contributed by atoms with van der Waals surface area (Å²) >= 11 is 3.24. The highest BCUT2D eigenvalue weighted by Gasteiger charge is 2.17. The minimum Gasteiger partial charge on any atom is -0.392 e. The third-order valence-electron chi connectivity index (χ3n) is 2.14. The van der Waals surface area contributed by atoms with Gasteiger partial charge in [0.1, 0.15) is 0 Å². The van der Waals surface area contributed by atoms with Gasteiger partial charge in [-0.2, -0.15) is 0 Å². The quantitative estimate of drug-likeness (QED) is 0.667. The van der Waals surface area contributed by atoms with Gasteiger partial charge in [0, 0.05) is 5.56 Å². The number of aliphatic hydroxyl groups is 1. The fourth-order valence-corrected chi connectivity index (χ4v) is 1.64. The largest absolute Gasteiger partial charge is 0.392 e. The lowest BCUT2D eigenvalue weighted by Gasteiger charge is -2.10. The summed E-state index contributed by atoms with van der Waals surface area (Å²) in [6, 6.07) is 5.49. The highest BCUT2D eigenvalue weighted by Crippen LogP contribution is 2.18. The number of hydrogen-bond donors (Lipinski definition) is 1. The number of aryl methyl sites for hydroxylation is 1. The number of halogens is 1. The molecule has 0 radical (unpaired) electrons. The van der Waals surface area contributed by atoms with E-state index in [1.807, 2.05) is 19.1 Å². The Morgan fingerprint density at radius 1 is 1.57 bits per heavy atom. The summed E-state index contributed by atoms with van der Waals surface area (Å²) in [5.74, 6) is 0.0205. The third-order valence-corrected chi connectivity index (χ3v) is 2.55. The molecule has 1 unspecified atom stereocenters. The molecule has 0 amide bonds. The summed E-state index contributed by atoms with van der Waals surface area (Å²) in [5.41, 5.74) is 2.24. The van der Waals surface area contributed by atoms with Crippen molar-refractivity contribution in [2.75, 3.05) is 0 Å². The first-order valence-corrected chi connectivity index (χ1v) is 5.37. The number of Topliss-reactive ketones (excluding diaryl/α,β-unsaturated/α-hetero) is 1. The molecule has 0 fully saturated rings. The number of rotatable bonds is 3. The Hall–Kier alpha value is -0.670. The van der Waals surface area contributed by atoms with Gasteiger partial charge in [-0.25, -0.2) is 0 Å². The molecule has 0 bridgehead atoms. The minimum absolute atomic E-state index is 0.0205. The molecule has 2 nitrogen and oxygen atoms in total. The van der Waals surface area contributed by atoms with Crippen molar-refractivity contribution in [2.45, 2.75) is 25.3 Å². The first kappa shape index (κ1) is 11.4. The van der Waals surface area contributed by atoms with Crippen molar-refractivity contribution in [3.05, 3.63) is 34.9 Å². The molecule has 1 aromatic carbocycles. The van der Waals surface area contributed by atoms with Crippen LogP contribution in [0.3, 0.4) is 0 Å². The number of benzene rings is 1. The number of alkyl halides is 1. The van der Waals surface area contributed by atoms with E-state index in [4.69, 9.17) is 5.11 Å². The van der Waals surface area contributed by atoms with Crippen LogP contribution in [0.15, 0.2) is 18.2 Å². The van der Waals surface area contributed by atoms with E-state index in [0.717, 1.165) is 5.56 Å². The predicted octanol–water partition coefficient (Wildman–Crippen LogP) is 2.45. The average Bonchev–Trinajstić information content (AvgIpc) is 2.16. The van der Waals surface area contributed by atoms with E-state index in [1.54, 1.807) is 13.0 Å². The highest BCUT2D eigenvalue weighted by atomic mass is 79.9. The van der Waals surface area contributed by atoms with E-state index in [9.17, 15) is 4.79 Å². The molecule has 0 aliphatic heterocycles. The molecule has 0 aliphatic rings. The molecule has 14 heavy (non-hydrogen) atoms. The first-order valence-electron chi connectivity index (χ1n) is 4.45. The molecule has 0 heterocycles. The maximum Gasteiger partial charge on any atom is 0.176 e. The average molecular weight is 257 g/mol. The van der Waals surface area contributed by atoms with E-state index in [-0.39, 0.29) is 17.2 Å². The van der Waals surface area contributed by atoms with Crippen LogP contribution in [0.2, 0.25) is 0 Å². The molecule has 1 atom stereocenters. The Balaban J connectivity index is 3.23. The summed E-state index contributed by atoms with van der Waals surface area (Å²) in [6.45, 7) is 3.57. The molecule has 76 valence electrons. The lowest BCUT2D eigenvalue weighted by molar-refractivity contribution is 0.0992. The minimum atomic E-state index is -0.214. The molecular formula is C11H13BrO2. The molecule has 0 aromatic heterocycles. The second-order valence-electron chi connectivity index (χ2n) is 3.25. The van der Waals surface area contributed by atoms with Crippen molar-refractivity contribution in [3.8, 4) is 0 Å². The van der Waals surface area contributed by atoms with Crippen LogP contribution in [0.5, 0.6) is 0 Å². The van der Waals surface area contributed by atoms with Crippen LogP contribution in [0.4, 0.5) is 0 Å². The van der Waals surface area contributed by atoms with E-state index in [0.29, 0.717) is 11.1 Å². The highest BCUT2D eigenvalue weighted by molar-refractivity contribution is 9.10. The lowest BCUT2D eigenvalue weighted by atomic mass is 9.97. The maximum atomic E-state index is 11.8. The smallest absolute Gasteiger partial charge is 0.176 e. The third kappa shape index (κ3) is 2.22. The topological polar surface area (TPSA) is 37.3 Å². The molecule has 0 spiro atoms. The summed E-state index contributed by atoms with van der Waals surface area (Å²) in [4.78, 5) is 11.6. The predicted molar refractivity (Wildman–Crippen MR) is 59.8 cm³/mol. The van der Waals surface area contributed by atoms with Crippen LogP contribution in [0.1, 0.15) is 28.4 Å². The maximum absolute atomic E-state index is 11.8. The van der Waals surface area contributed by atoms with Gasteiger partial charge in [-0.05, 0) is 25.0 Å². The monoisotopic (exact) mass is 256 g/mol. The van der Waals surface area contributed by atoms with Gasteiger partial charge in [0.05, 0.1) is 11.4 Å². The summed E-state index contributed by atoms with van der Waals surface area (Å²) in [7, 11) is 0. The summed E-state index contributed by atoms with van der Waals surface area (Å²) in [5, 5.41) is 9.11. The van der Waals surface area contributed by atoms with Crippen LogP contribution in [0, 0.1) is 6.92 Å². The van der Waals surface area contributed by atoms with Crippen molar-refractivity contribution in [1.82, 2.24) is 0 Å². The van der Waals surface area contributed by atoms with Gasteiger partial charge in [-0.3, -0.25) is 4.79 Å². The van der Waals surface area contributed by atoms with Crippen molar-refractivity contribution in [3.63, 3.8) is 0 Å². The first-order chi connectivity index (χ1) is 6.57. The standard InChI is InChI=1S/C11H13BrO2/c1-7-4-3-5-9(6-13)10(7)11(14)8(2)12/h3-5,8,13H,6H2,1-2H3. The second kappa shape index (κ2) is 4.71. The zero-order valence-corrected chi connectivity index (χ0v) is 9.84. The van der Waals surface area contributed by atoms with E-state index in [1.165, 1.54) is 0 Å². The molecule has 0 saturated carbocycles. The van der Waals surface area contributed by atoms with Crippen molar-refractivity contribution < 1.29 is 9.90 Å². The van der Waals surface area contributed by atoms with Crippen molar-refractivity contribution in [2.24, 2.45) is 0 Å². The number of aliphatic hydroxyl groups excluding tert-OH is 1. The zero-order valence-electron chi connectivity index (χ0n) is 8.25. The lowest BCUT2D eigenvalue weighted by Crippen LogP contribution is -2.14. The van der Waals surface area contributed by atoms with Crippen molar-refractivity contribution >= 4 is 21.7 Å².